The second-order valence-corrected chi connectivity index (χ2v) is 6.65. The second kappa shape index (κ2) is 7.27. The van der Waals surface area contributed by atoms with Gasteiger partial charge in [-0.05, 0) is 18.9 Å². The number of esters is 1. The largest absolute Gasteiger partial charge is 0.486 e. The Hall–Kier alpha value is -3.29. The summed E-state index contributed by atoms with van der Waals surface area (Å²) in [4.78, 5) is 25.0. The molecule has 0 aliphatic carbocycles. The van der Waals surface area contributed by atoms with Crippen molar-refractivity contribution in [2.45, 2.75) is 19.4 Å². The molecule has 0 fully saturated rings. The van der Waals surface area contributed by atoms with E-state index in [0.717, 1.165) is 5.56 Å². The first-order valence-electron chi connectivity index (χ1n) is 9.03. The van der Waals surface area contributed by atoms with Gasteiger partial charge in [-0.2, -0.15) is 4.39 Å². The van der Waals surface area contributed by atoms with Gasteiger partial charge in [0.1, 0.15) is 17.7 Å². The van der Waals surface area contributed by atoms with E-state index in [1.807, 2.05) is 30.3 Å². The average molecular weight is 403 g/mol. The van der Waals surface area contributed by atoms with Crippen LogP contribution >= 0.6 is 0 Å². The maximum absolute atomic E-state index is 14.6. The van der Waals surface area contributed by atoms with Gasteiger partial charge in [0.25, 0.3) is 0 Å². The fourth-order valence-corrected chi connectivity index (χ4v) is 3.55. The molecule has 5 nitrogen and oxygen atoms in total. The maximum Gasteiger partial charge on any atom is 0.343 e. The molecule has 2 heterocycles. The Morgan fingerprint density at radius 2 is 1.90 bits per heavy atom. The molecule has 0 bridgehead atoms. The van der Waals surface area contributed by atoms with Crippen LogP contribution in [-0.2, 0) is 11.2 Å². The molecule has 1 aliphatic heterocycles. The molecular formula is C21H16F3NO4. The molecule has 150 valence electrons. The molecule has 0 saturated heterocycles. The molecule has 8 heteroatoms. The summed E-state index contributed by atoms with van der Waals surface area (Å²) in [5.74, 6) is -6.49. The lowest BCUT2D eigenvalue weighted by atomic mass is 10.0. The predicted molar refractivity (Wildman–Crippen MR) is 98.7 cm³/mol. The van der Waals surface area contributed by atoms with Crippen LogP contribution < -0.4 is 10.2 Å². The summed E-state index contributed by atoms with van der Waals surface area (Å²) < 4.78 is 54.7. The van der Waals surface area contributed by atoms with E-state index < -0.39 is 51.6 Å². The Bertz CT molecular complexity index is 1170. The summed E-state index contributed by atoms with van der Waals surface area (Å²) in [6, 6.07) is 8.78. The third-order valence-electron chi connectivity index (χ3n) is 4.88. The molecule has 1 aromatic heterocycles. The van der Waals surface area contributed by atoms with Gasteiger partial charge in [0.05, 0.1) is 18.0 Å². The van der Waals surface area contributed by atoms with Gasteiger partial charge in [0.15, 0.2) is 17.4 Å². The zero-order valence-corrected chi connectivity index (χ0v) is 15.4. The van der Waals surface area contributed by atoms with Crippen LogP contribution in [0.25, 0.3) is 10.9 Å². The Labute approximate surface area is 163 Å². The first kappa shape index (κ1) is 19.0. The van der Waals surface area contributed by atoms with E-state index in [9.17, 15) is 22.8 Å². The minimum Gasteiger partial charge on any atom is -0.486 e. The van der Waals surface area contributed by atoms with E-state index in [1.54, 1.807) is 6.92 Å². The van der Waals surface area contributed by atoms with Gasteiger partial charge >= 0.3 is 5.97 Å². The van der Waals surface area contributed by atoms with Crippen molar-refractivity contribution in [2.24, 2.45) is 0 Å². The van der Waals surface area contributed by atoms with Crippen LogP contribution in [0.4, 0.5) is 13.2 Å². The number of halogens is 3. The summed E-state index contributed by atoms with van der Waals surface area (Å²) in [6.45, 7) is 1.50. The molecule has 0 saturated carbocycles. The van der Waals surface area contributed by atoms with Crippen molar-refractivity contribution in [1.82, 2.24) is 4.57 Å². The third kappa shape index (κ3) is 3.04. The van der Waals surface area contributed by atoms with Crippen molar-refractivity contribution in [3.63, 3.8) is 0 Å². The second-order valence-electron chi connectivity index (χ2n) is 6.65. The molecule has 0 spiro atoms. The zero-order valence-electron chi connectivity index (χ0n) is 15.4. The Morgan fingerprint density at radius 1 is 1.17 bits per heavy atom. The highest BCUT2D eigenvalue weighted by atomic mass is 19.2. The first-order chi connectivity index (χ1) is 13.9. The van der Waals surface area contributed by atoms with Crippen LogP contribution in [0.15, 0.2) is 41.3 Å². The van der Waals surface area contributed by atoms with Gasteiger partial charge < -0.3 is 14.0 Å². The molecular weight excluding hydrogens is 387 g/mol. The van der Waals surface area contributed by atoms with Crippen molar-refractivity contribution in [3.05, 3.63) is 75.3 Å². The van der Waals surface area contributed by atoms with Crippen LogP contribution in [-0.4, -0.2) is 23.8 Å². The number of aromatic nitrogens is 1. The normalized spacial score (nSPS) is 15.2. The topological polar surface area (TPSA) is 57.5 Å². The number of benzene rings is 2. The number of pyridine rings is 1. The number of carbonyl (C=O) groups is 1. The minimum atomic E-state index is -1.82. The number of hydrogen-bond acceptors (Lipinski definition) is 4. The summed E-state index contributed by atoms with van der Waals surface area (Å²) >= 11 is 0. The first-order valence-corrected chi connectivity index (χ1v) is 9.03. The van der Waals surface area contributed by atoms with E-state index in [0.29, 0.717) is 6.42 Å². The summed E-state index contributed by atoms with van der Waals surface area (Å²) in [5, 5.41) is -0.734. The van der Waals surface area contributed by atoms with Crippen molar-refractivity contribution in [1.29, 1.82) is 0 Å². The Balaban J connectivity index is 2.00. The van der Waals surface area contributed by atoms with Crippen molar-refractivity contribution in [2.75, 3.05) is 13.2 Å². The summed E-state index contributed by atoms with van der Waals surface area (Å²) in [6.07, 6.45) is 1.61. The quantitative estimate of drug-likeness (QED) is 0.492. The van der Waals surface area contributed by atoms with Crippen molar-refractivity contribution >= 4 is 16.9 Å². The van der Waals surface area contributed by atoms with Crippen LogP contribution in [0.1, 0.15) is 28.9 Å². The van der Waals surface area contributed by atoms with Gasteiger partial charge in [-0.3, -0.25) is 4.79 Å². The average Bonchev–Trinajstić information content (AvgIpc) is 2.72. The fourth-order valence-electron chi connectivity index (χ4n) is 3.55. The molecule has 2 aromatic carbocycles. The SMILES string of the molecule is CCOC(=O)c1cn2c3c(c(F)c(F)c(F)c3c1=O)OCC2Cc1ccccc1. The summed E-state index contributed by atoms with van der Waals surface area (Å²) in [5.41, 5.74) is -0.824. The van der Waals surface area contributed by atoms with Crippen molar-refractivity contribution in [3.8, 4) is 5.75 Å². The van der Waals surface area contributed by atoms with Gasteiger partial charge in [0, 0.05) is 6.20 Å². The standard InChI is InChI=1S/C21H16F3NO4/c1-2-28-21(27)13-9-25-12(8-11-6-4-3-5-7-11)10-29-20-17(24)16(23)15(22)14(18(20)25)19(13)26/h3-7,9,12H,2,8,10H2,1H3. The van der Waals surface area contributed by atoms with Crippen LogP contribution in [0.2, 0.25) is 0 Å². The van der Waals surface area contributed by atoms with Gasteiger partial charge in [0.2, 0.25) is 11.2 Å². The highest BCUT2D eigenvalue weighted by Crippen LogP contribution is 2.38. The molecule has 0 N–H and O–H groups in total. The van der Waals surface area contributed by atoms with E-state index in [4.69, 9.17) is 9.47 Å². The molecule has 1 aliphatic rings. The molecule has 3 aromatic rings. The predicted octanol–water partition coefficient (Wildman–Crippen LogP) is 3.77. The molecule has 0 amide bonds. The molecule has 0 radical (unpaired) electrons. The summed E-state index contributed by atoms with van der Waals surface area (Å²) in [7, 11) is 0. The maximum atomic E-state index is 14.6. The number of carbonyl (C=O) groups excluding carboxylic acids is 1. The number of hydrogen-bond donors (Lipinski definition) is 0. The molecule has 1 unspecified atom stereocenters. The molecule has 29 heavy (non-hydrogen) atoms. The molecule has 4 rings (SSSR count). The highest BCUT2D eigenvalue weighted by Gasteiger charge is 2.33. The lowest BCUT2D eigenvalue weighted by Crippen LogP contribution is -2.31. The lowest BCUT2D eigenvalue weighted by molar-refractivity contribution is 0.0523. The lowest BCUT2D eigenvalue weighted by Gasteiger charge is -2.30. The number of nitrogens with zero attached hydrogens (tertiary/aromatic N) is 1. The van der Waals surface area contributed by atoms with E-state index in [2.05, 4.69) is 0 Å². The van der Waals surface area contributed by atoms with E-state index in [-0.39, 0.29) is 18.7 Å². The zero-order chi connectivity index (χ0) is 20.7. The minimum absolute atomic E-state index is 0.00161. The Morgan fingerprint density at radius 3 is 2.59 bits per heavy atom. The van der Waals surface area contributed by atoms with Gasteiger partial charge in [-0.15, -0.1) is 0 Å². The van der Waals surface area contributed by atoms with Crippen LogP contribution in [0.3, 0.4) is 0 Å². The third-order valence-corrected chi connectivity index (χ3v) is 4.88. The van der Waals surface area contributed by atoms with Crippen molar-refractivity contribution < 1.29 is 27.4 Å². The smallest absolute Gasteiger partial charge is 0.343 e. The Kier molecular flexibility index (Phi) is 4.77. The fraction of sp³-hybridized carbons (Fsp3) is 0.238. The number of ether oxygens (including phenoxy) is 2. The monoisotopic (exact) mass is 403 g/mol. The molecule has 1 atom stereocenters. The van der Waals surface area contributed by atoms with Crippen LogP contribution in [0.5, 0.6) is 5.75 Å². The van der Waals surface area contributed by atoms with E-state index >= 15 is 0 Å². The highest BCUT2D eigenvalue weighted by molar-refractivity contribution is 5.96. The van der Waals surface area contributed by atoms with E-state index in [1.165, 1.54) is 10.8 Å². The van der Waals surface area contributed by atoms with Crippen LogP contribution in [0, 0.1) is 17.5 Å². The number of rotatable bonds is 4. The van der Waals surface area contributed by atoms with Gasteiger partial charge in [-0.25, -0.2) is 13.6 Å². The van der Waals surface area contributed by atoms with Gasteiger partial charge in [-0.1, -0.05) is 30.3 Å².